The predicted octanol–water partition coefficient (Wildman–Crippen LogP) is 4.33. The summed E-state index contributed by atoms with van der Waals surface area (Å²) in [5.74, 6) is 0.487. The number of pyridine rings is 1. The smallest absolute Gasteiger partial charge is 0.291 e. The van der Waals surface area contributed by atoms with Gasteiger partial charge in [-0.05, 0) is 54.4 Å². The second kappa shape index (κ2) is 7.72. The van der Waals surface area contributed by atoms with Crippen LogP contribution in [0.4, 0.5) is 0 Å². The van der Waals surface area contributed by atoms with Crippen LogP contribution in [0, 0.1) is 0 Å². The summed E-state index contributed by atoms with van der Waals surface area (Å²) >= 11 is 0. The average molecular weight is 412 g/mol. The van der Waals surface area contributed by atoms with E-state index in [4.69, 9.17) is 9.15 Å². The van der Waals surface area contributed by atoms with Crippen molar-refractivity contribution in [3.05, 3.63) is 106 Å². The number of hydrogen-bond donors (Lipinski definition) is 0. The van der Waals surface area contributed by atoms with Crippen LogP contribution in [0.5, 0.6) is 5.75 Å². The Labute approximate surface area is 178 Å². The fourth-order valence-electron chi connectivity index (χ4n) is 4.10. The van der Waals surface area contributed by atoms with E-state index in [0.29, 0.717) is 35.4 Å². The molecule has 6 nitrogen and oxygen atoms in total. The molecule has 3 heterocycles. The van der Waals surface area contributed by atoms with Crippen molar-refractivity contribution >= 4 is 16.9 Å². The Balaban J connectivity index is 1.71. The Morgan fingerprint density at radius 3 is 2.65 bits per heavy atom. The number of benzene rings is 2. The average Bonchev–Trinajstić information content (AvgIpc) is 3.07. The number of para-hydroxylation sites is 1. The Hall–Kier alpha value is -3.93. The van der Waals surface area contributed by atoms with E-state index in [1.165, 1.54) is 0 Å². The van der Waals surface area contributed by atoms with Crippen LogP contribution in [-0.2, 0) is 6.54 Å². The number of amides is 1. The fourth-order valence-corrected chi connectivity index (χ4v) is 4.10. The highest BCUT2D eigenvalue weighted by Gasteiger charge is 2.42. The molecule has 2 aromatic carbocycles. The second-order valence-electron chi connectivity index (χ2n) is 7.37. The zero-order chi connectivity index (χ0) is 21.4. The number of ether oxygens (including phenoxy) is 1. The third-order valence-corrected chi connectivity index (χ3v) is 5.46. The summed E-state index contributed by atoms with van der Waals surface area (Å²) < 4.78 is 11.6. The van der Waals surface area contributed by atoms with Crippen LogP contribution < -0.4 is 10.2 Å². The molecule has 0 spiro atoms. The van der Waals surface area contributed by atoms with Gasteiger partial charge in [-0.25, -0.2) is 0 Å². The van der Waals surface area contributed by atoms with Crippen LogP contribution in [0.3, 0.4) is 0 Å². The molecular weight excluding hydrogens is 392 g/mol. The number of rotatable bonds is 5. The van der Waals surface area contributed by atoms with Gasteiger partial charge in [0.1, 0.15) is 11.3 Å². The van der Waals surface area contributed by atoms with Crippen molar-refractivity contribution in [2.45, 2.75) is 19.5 Å². The number of carbonyl (C=O) groups is 1. The van der Waals surface area contributed by atoms with Crippen molar-refractivity contribution in [2.24, 2.45) is 0 Å². The molecule has 1 amide bonds. The minimum Gasteiger partial charge on any atom is -0.494 e. The SMILES string of the molecule is CCOc1cccc([C@@H]2c3c(oc4ccccc4c3=O)C(=O)N2Cc2ccncc2)c1. The number of carbonyl (C=O) groups excluding carboxylic acids is 1. The summed E-state index contributed by atoms with van der Waals surface area (Å²) in [7, 11) is 0. The van der Waals surface area contributed by atoms with E-state index in [-0.39, 0.29) is 17.1 Å². The number of nitrogens with zero attached hydrogens (tertiary/aromatic N) is 2. The Morgan fingerprint density at radius 2 is 1.84 bits per heavy atom. The van der Waals surface area contributed by atoms with Gasteiger partial charge < -0.3 is 14.1 Å². The molecule has 5 rings (SSSR count). The van der Waals surface area contributed by atoms with Gasteiger partial charge >= 0.3 is 0 Å². The number of aromatic nitrogens is 1. The van der Waals surface area contributed by atoms with Crippen molar-refractivity contribution < 1.29 is 13.9 Å². The molecule has 31 heavy (non-hydrogen) atoms. The van der Waals surface area contributed by atoms with Crippen LogP contribution in [0.25, 0.3) is 11.0 Å². The summed E-state index contributed by atoms with van der Waals surface area (Å²) in [6.07, 6.45) is 3.37. The summed E-state index contributed by atoms with van der Waals surface area (Å²) in [5, 5.41) is 0.464. The topological polar surface area (TPSA) is 72.6 Å². The maximum Gasteiger partial charge on any atom is 0.291 e. The first-order valence-electron chi connectivity index (χ1n) is 10.2. The largest absolute Gasteiger partial charge is 0.494 e. The van der Waals surface area contributed by atoms with Crippen LogP contribution in [0.15, 0.2) is 82.3 Å². The first-order valence-corrected chi connectivity index (χ1v) is 10.2. The van der Waals surface area contributed by atoms with Gasteiger partial charge in [0.25, 0.3) is 5.91 Å². The third-order valence-electron chi connectivity index (χ3n) is 5.46. The molecule has 0 saturated carbocycles. The third kappa shape index (κ3) is 3.26. The molecule has 0 saturated heterocycles. The summed E-state index contributed by atoms with van der Waals surface area (Å²) in [4.78, 5) is 32.6. The molecule has 6 heteroatoms. The van der Waals surface area contributed by atoms with Gasteiger partial charge in [0.05, 0.1) is 23.6 Å². The lowest BCUT2D eigenvalue weighted by Gasteiger charge is -2.25. The predicted molar refractivity (Wildman–Crippen MR) is 116 cm³/mol. The molecule has 2 aromatic heterocycles. The quantitative estimate of drug-likeness (QED) is 0.488. The van der Waals surface area contributed by atoms with Gasteiger partial charge in [0.2, 0.25) is 5.76 Å². The number of fused-ring (bicyclic) bond motifs is 2. The number of hydrogen-bond acceptors (Lipinski definition) is 5. The molecule has 0 radical (unpaired) electrons. The normalized spacial score (nSPS) is 15.3. The van der Waals surface area contributed by atoms with E-state index in [9.17, 15) is 9.59 Å². The molecule has 1 aliphatic rings. The van der Waals surface area contributed by atoms with Gasteiger partial charge in [0.15, 0.2) is 5.43 Å². The van der Waals surface area contributed by atoms with E-state index in [2.05, 4.69) is 4.98 Å². The van der Waals surface area contributed by atoms with Crippen LogP contribution in [0.1, 0.15) is 40.2 Å². The first kappa shape index (κ1) is 19.1. The fraction of sp³-hybridized carbons (Fsp3) is 0.160. The van der Waals surface area contributed by atoms with Crippen LogP contribution >= 0.6 is 0 Å². The molecule has 0 N–H and O–H groups in total. The zero-order valence-electron chi connectivity index (χ0n) is 16.9. The van der Waals surface area contributed by atoms with Crippen molar-refractivity contribution in [3.63, 3.8) is 0 Å². The molecule has 4 aromatic rings. The highest BCUT2D eigenvalue weighted by Crippen LogP contribution is 2.39. The first-order chi connectivity index (χ1) is 15.2. The van der Waals surface area contributed by atoms with E-state index >= 15 is 0 Å². The zero-order valence-corrected chi connectivity index (χ0v) is 16.9. The van der Waals surface area contributed by atoms with Crippen molar-refractivity contribution in [2.75, 3.05) is 6.61 Å². The monoisotopic (exact) mass is 412 g/mol. The maximum atomic E-state index is 13.5. The van der Waals surface area contributed by atoms with Crippen molar-refractivity contribution in [1.29, 1.82) is 0 Å². The maximum absolute atomic E-state index is 13.5. The molecule has 0 aliphatic carbocycles. The highest BCUT2D eigenvalue weighted by molar-refractivity contribution is 5.99. The molecule has 154 valence electrons. The lowest BCUT2D eigenvalue weighted by atomic mass is 9.98. The van der Waals surface area contributed by atoms with E-state index in [1.54, 1.807) is 41.6 Å². The van der Waals surface area contributed by atoms with Crippen LogP contribution in [-0.4, -0.2) is 22.4 Å². The summed E-state index contributed by atoms with van der Waals surface area (Å²) in [6, 6.07) is 17.7. The van der Waals surface area contributed by atoms with Gasteiger partial charge in [0, 0.05) is 18.9 Å². The Bertz CT molecular complexity index is 1330. The lowest BCUT2D eigenvalue weighted by molar-refractivity contribution is 0.0714. The van der Waals surface area contributed by atoms with Gasteiger partial charge in [-0.2, -0.15) is 0 Å². The molecule has 0 unspecified atom stereocenters. The van der Waals surface area contributed by atoms with Crippen molar-refractivity contribution in [1.82, 2.24) is 9.88 Å². The molecule has 1 aliphatic heterocycles. The van der Waals surface area contributed by atoms with Crippen LogP contribution in [0.2, 0.25) is 0 Å². The minimum atomic E-state index is -0.572. The van der Waals surface area contributed by atoms with E-state index in [1.807, 2.05) is 43.3 Å². The van der Waals surface area contributed by atoms with Gasteiger partial charge in [-0.1, -0.05) is 24.3 Å². The van der Waals surface area contributed by atoms with E-state index in [0.717, 1.165) is 11.1 Å². The lowest BCUT2D eigenvalue weighted by Crippen LogP contribution is -2.29. The second-order valence-corrected chi connectivity index (χ2v) is 7.37. The molecule has 0 fully saturated rings. The molecular formula is C25H20N2O4. The Kier molecular flexibility index (Phi) is 4.75. The molecule has 0 bridgehead atoms. The highest BCUT2D eigenvalue weighted by atomic mass is 16.5. The summed E-state index contributed by atoms with van der Waals surface area (Å²) in [5.41, 5.74) is 2.31. The molecule has 1 atom stereocenters. The van der Waals surface area contributed by atoms with Gasteiger partial charge in [-0.15, -0.1) is 0 Å². The van der Waals surface area contributed by atoms with E-state index < -0.39 is 6.04 Å². The van der Waals surface area contributed by atoms with Crippen molar-refractivity contribution in [3.8, 4) is 5.75 Å². The minimum absolute atomic E-state index is 0.101. The standard InChI is InChI=1S/C25H20N2O4/c1-2-30-18-7-5-6-17(14-18)22-21-23(28)19-8-3-4-9-20(19)31-24(21)25(29)27(22)15-16-10-12-26-13-11-16/h3-14,22H,2,15H2,1H3/t22-/m1/s1. The Morgan fingerprint density at radius 1 is 1.03 bits per heavy atom. The van der Waals surface area contributed by atoms with Gasteiger partial charge in [-0.3, -0.25) is 14.6 Å². The summed E-state index contributed by atoms with van der Waals surface area (Å²) in [6.45, 7) is 2.76.